The van der Waals surface area contributed by atoms with E-state index in [1.165, 1.54) is 0 Å². The number of benzene rings is 3. The van der Waals surface area contributed by atoms with Gasteiger partial charge in [-0.05, 0) is 107 Å². The van der Waals surface area contributed by atoms with Crippen molar-refractivity contribution in [2.45, 2.75) is 53.5 Å². The van der Waals surface area contributed by atoms with Crippen LogP contribution >= 0.6 is 23.2 Å². The first kappa shape index (κ1) is 34.9. The van der Waals surface area contributed by atoms with Crippen LogP contribution in [-0.2, 0) is 20.5 Å². The van der Waals surface area contributed by atoms with Gasteiger partial charge < -0.3 is 18.8 Å². The standard InChI is InChI=1S/C42H41Cl2N7O2/c1-23-18-29(19-24(2)38(23)44)53-17-8-10-30-31-12-13-33(43)37(36-26(4)47-49(7)27(36)5)39(31)51-25(3)21-50(42(52)40(30)51)35-22-48(6)34-14-11-28(20-32(34)35)41-45-15-9-16-46-41/h9,11-16,18-20,22,25H,8,10,17,21H2,1-7H3. The fourth-order valence-corrected chi connectivity index (χ4v) is 8.47. The van der Waals surface area contributed by atoms with E-state index in [-0.39, 0.29) is 11.9 Å². The normalized spacial score (nSPS) is 14.5. The first-order valence-electron chi connectivity index (χ1n) is 17.9. The largest absolute Gasteiger partial charge is 0.494 e. The van der Waals surface area contributed by atoms with E-state index >= 15 is 4.79 Å². The summed E-state index contributed by atoms with van der Waals surface area (Å²) in [5.41, 5.74) is 11.2. The number of rotatable bonds is 8. The third-order valence-electron chi connectivity index (χ3n) is 10.6. The molecule has 9 nitrogen and oxygen atoms in total. The highest BCUT2D eigenvalue weighted by Crippen LogP contribution is 2.46. The number of hydrogen-bond donors (Lipinski definition) is 0. The Morgan fingerprint density at radius 2 is 1.66 bits per heavy atom. The highest BCUT2D eigenvalue weighted by molar-refractivity contribution is 6.35. The lowest BCUT2D eigenvalue weighted by Crippen LogP contribution is -2.42. The Kier molecular flexibility index (Phi) is 8.82. The summed E-state index contributed by atoms with van der Waals surface area (Å²) < 4.78 is 12.5. The molecule has 1 unspecified atom stereocenters. The summed E-state index contributed by atoms with van der Waals surface area (Å²) in [6.45, 7) is 11.2. The van der Waals surface area contributed by atoms with Gasteiger partial charge >= 0.3 is 0 Å². The van der Waals surface area contributed by atoms with Crippen LogP contribution in [-0.4, -0.2) is 47.9 Å². The van der Waals surface area contributed by atoms with E-state index < -0.39 is 0 Å². The van der Waals surface area contributed by atoms with E-state index in [2.05, 4.69) is 57.3 Å². The molecule has 1 atom stereocenters. The van der Waals surface area contributed by atoms with Crippen LogP contribution in [0.25, 0.3) is 44.3 Å². The van der Waals surface area contributed by atoms with Gasteiger partial charge in [-0.2, -0.15) is 5.10 Å². The van der Waals surface area contributed by atoms with Crippen molar-refractivity contribution in [3.8, 4) is 28.3 Å². The molecule has 0 fully saturated rings. The van der Waals surface area contributed by atoms with Crippen molar-refractivity contribution in [1.29, 1.82) is 0 Å². The Morgan fingerprint density at radius 3 is 2.36 bits per heavy atom. The van der Waals surface area contributed by atoms with Gasteiger partial charge in [0.25, 0.3) is 5.91 Å². The Bertz CT molecular complexity index is 2560. The van der Waals surface area contributed by atoms with Crippen LogP contribution in [0.15, 0.2) is 67.1 Å². The molecule has 1 aliphatic rings. The lowest BCUT2D eigenvalue weighted by Gasteiger charge is -2.34. The van der Waals surface area contributed by atoms with Gasteiger partial charge in [0, 0.05) is 89.0 Å². The van der Waals surface area contributed by atoms with Crippen LogP contribution in [0.3, 0.4) is 0 Å². The van der Waals surface area contributed by atoms with Crippen molar-refractivity contribution in [2.75, 3.05) is 18.1 Å². The minimum absolute atomic E-state index is 0.0465. The average Bonchev–Trinajstić information content (AvgIpc) is 3.74. The Balaban J connectivity index is 1.26. The van der Waals surface area contributed by atoms with Crippen LogP contribution in [0.5, 0.6) is 5.75 Å². The van der Waals surface area contributed by atoms with E-state index in [1.54, 1.807) is 12.4 Å². The van der Waals surface area contributed by atoms with Gasteiger partial charge in [0.2, 0.25) is 0 Å². The molecule has 11 heteroatoms. The fourth-order valence-electron chi connectivity index (χ4n) is 8.11. The van der Waals surface area contributed by atoms with Gasteiger partial charge in [-0.1, -0.05) is 29.3 Å². The molecule has 1 amide bonds. The molecular formula is C42H41Cl2N7O2. The van der Waals surface area contributed by atoms with Gasteiger partial charge in [0.1, 0.15) is 11.4 Å². The summed E-state index contributed by atoms with van der Waals surface area (Å²) in [5.74, 6) is 1.38. The molecule has 7 aromatic rings. The third-order valence-corrected chi connectivity index (χ3v) is 11.6. The molecule has 0 N–H and O–H groups in total. The molecule has 8 rings (SSSR count). The van der Waals surface area contributed by atoms with Crippen molar-refractivity contribution in [3.63, 3.8) is 0 Å². The second-order valence-electron chi connectivity index (χ2n) is 14.2. The molecule has 270 valence electrons. The molecule has 1 aliphatic heterocycles. The maximum absolute atomic E-state index is 15.2. The van der Waals surface area contributed by atoms with E-state index in [1.807, 2.05) is 74.8 Å². The van der Waals surface area contributed by atoms with Crippen molar-refractivity contribution in [1.82, 2.24) is 28.9 Å². The Hall–Kier alpha value is -5.12. The van der Waals surface area contributed by atoms with Crippen molar-refractivity contribution in [3.05, 3.63) is 111 Å². The van der Waals surface area contributed by atoms with E-state index in [0.717, 1.165) is 83.0 Å². The van der Waals surface area contributed by atoms with Gasteiger partial charge in [-0.25, -0.2) is 9.97 Å². The number of aryl methyl sites for hydroxylation is 6. The second kappa shape index (κ2) is 13.4. The zero-order valence-electron chi connectivity index (χ0n) is 31.0. The zero-order chi connectivity index (χ0) is 37.3. The molecule has 0 saturated heterocycles. The van der Waals surface area contributed by atoms with E-state index in [4.69, 9.17) is 33.0 Å². The first-order valence-corrected chi connectivity index (χ1v) is 18.6. The number of hydrogen-bond acceptors (Lipinski definition) is 5. The SMILES string of the molecule is Cc1cc(OCCCc2c3n(c4c(-c5c(C)nn(C)c5C)c(Cl)ccc24)C(C)CN(c2cn(C)c4ccc(-c5ncccn5)cc24)C3=O)cc(C)c1Cl. The summed E-state index contributed by atoms with van der Waals surface area (Å²) in [6, 6.07) is 15.9. The molecule has 0 bridgehead atoms. The minimum atomic E-state index is -0.0689. The molecule has 0 radical (unpaired) electrons. The van der Waals surface area contributed by atoms with E-state index in [0.29, 0.717) is 42.5 Å². The minimum Gasteiger partial charge on any atom is -0.494 e. The number of anilines is 1. The number of aromatic nitrogens is 6. The quantitative estimate of drug-likeness (QED) is 0.145. The molecule has 3 aromatic carbocycles. The highest BCUT2D eigenvalue weighted by atomic mass is 35.5. The Morgan fingerprint density at radius 1 is 0.925 bits per heavy atom. The van der Waals surface area contributed by atoms with E-state index in [9.17, 15) is 0 Å². The fraction of sp³-hybridized carbons (Fsp3) is 0.286. The van der Waals surface area contributed by atoms with Gasteiger partial charge in [-0.3, -0.25) is 9.48 Å². The van der Waals surface area contributed by atoms with Crippen molar-refractivity contribution < 1.29 is 9.53 Å². The number of ether oxygens (including phenoxy) is 1. The molecule has 0 spiro atoms. The number of halogens is 2. The average molecular weight is 747 g/mol. The van der Waals surface area contributed by atoms with Crippen LogP contribution < -0.4 is 9.64 Å². The lowest BCUT2D eigenvalue weighted by molar-refractivity contribution is 0.0957. The smallest absolute Gasteiger partial charge is 0.275 e. The lowest BCUT2D eigenvalue weighted by atomic mass is 9.98. The first-order chi connectivity index (χ1) is 25.4. The number of fused-ring (bicyclic) bond motifs is 4. The van der Waals surface area contributed by atoms with Crippen molar-refractivity contribution >= 4 is 56.6 Å². The molecule has 53 heavy (non-hydrogen) atoms. The topological polar surface area (TPSA) is 83.0 Å². The molecule has 0 saturated carbocycles. The highest BCUT2D eigenvalue weighted by Gasteiger charge is 2.37. The summed E-state index contributed by atoms with van der Waals surface area (Å²) in [5, 5.41) is 8.12. The maximum atomic E-state index is 15.2. The monoisotopic (exact) mass is 745 g/mol. The molecular weight excluding hydrogens is 705 g/mol. The van der Waals surface area contributed by atoms with Gasteiger partial charge in [0.15, 0.2) is 5.82 Å². The molecule has 4 aromatic heterocycles. The summed E-state index contributed by atoms with van der Waals surface area (Å²) in [4.78, 5) is 26.1. The third kappa shape index (κ3) is 5.77. The number of nitrogens with zero attached hydrogens (tertiary/aromatic N) is 7. The number of carbonyl (C=O) groups excluding carboxylic acids is 1. The predicted molar refractivity (Wildman–Crippen MR) is 214 cm³/mol. The van der Waals surface area contributed by atoms with Crippen LogP contribution in [0.4, 0.5) is 5.69 Å². The summed E-state index contributed by atoms with van der Waals surface area (Å²) in [7, 11) is 3.97. The van der Waals surface area contributed by atoms with Gasteiger partial charge in [0.05, 0.1) is 28.5 Å². The predicted octanol–water partition coefficient (Wildman–Crippen LogP) is 9.76. The van der Waals surface area contributed by atoms with Crippen LogP contribution in [0.1, 0.15) is 58.0 Å². The maximum Gasteiger partial charge on any atom is 0.275 e. The molecule has 0 aliphatic carbocycles. The van der Waals surface area contributed by atoms with Crippen LogP contribution in [0.2, 0.25) is 10.0 Å². The summed E-state index contributed by atoms with van der Waals surface area (Å²) >= 11 is 13.6. The summed E-state index contributed by atoms with van der Waals surface area (Å²) in [6.07, 6.45) is 6.87. The van der Waals surface area contributed by atoms with Gasteiger partial charge in [-0.15, -0.1) is 0 Å². The second-order valence-corrected chi connectivity index (χ2v) is 15.0. The van der Waals surface area contributed by atoms with Crippen molar-refractivity contribution in [2.24, 2.45) is 14.1 Å². The molecule has 5 heterocycles. The number of amides is 1. The zero-order valence-corrected chi connectivity index (χ0v) is 32.5. The number of carbonyl (C=O) groups is 1. The van der Waals surface area contributed by atoms with Crippen LogP contribution in [0, 0.1) is 27.7 Å². The Labute approximate surface area is 318 Å².